The Balaban J connectivity index is 1.44. The van der Waals surface area contributed by atoms with Crippen LogP contribution in [-0.4, -0.2) is 27.0 Å². The van der Waals surface area contributed by atoms with Crippen LogP contribution in [0.3, 0.4) is 0 Å². The lowest BCUT2D eigenvalue weighted by molar-refractivity contribution is -0.137. The Bertz CT molecular complexity index is 1440. The molecule has 0 fully saturated rings. The van der Waals surface area contributed by atoms with Crippen molar-refractivity contribution in [3.8, 4) is 11.3 Å². The van der Waals surface area contributed by atoms with Gasteiger partial charge in [0, 0.05) is 17.5 Å². The molecule has 1 unspecified atom stereocenters. The molecule has 0 spiro atoms. The van der Waals surface area contributed by atoms with Crippen molar-refractivity contribution < 1.29 is 19.1 Å². The van der Waals surface area contributed by atoms with Crippen molar-refractivity contribution in [2.75, 3.05) is 0 Å². The molecule has 1 aliphatic carbocycles. The van der Waals surface area contributed by atoms with Crippen LogP contribution in [0.2, 0.25) is 0 Å². The zero-order valence-corrected chi connectivity index (χ0v) is 19.7. The van der Waals surface area contributed by atoms with E-state index in [1.807, 2.05) is 30.3 Å². The zero-order valence-electron chi connectivity index (χ0n) is 19.7. The Morgan fingerprint density at radius 2 is 1.83 bits per heavy atom. The van der Waals surface area contributed by atoms with Crippen LogP contribution < -0.4 is 5.32 Å². The number of aliphatic carboxylic acids is 1. The molecule has 1 aromatic heterocycles. The first-order valence-electron chi connectivity index (χ1n) is 12.1. The lowest BCUT2D eigenvalue weighted by Crippen LogP contribution is -2.31. The third-order valence-electron chi connectivity index (χ3n) is 6.57. The van der Waals surface area contributed by atoms with E-state index in [4.69, 9.17) is 15.1 Å². The molecule has 5 rings (SSSR count). The van der Waals surface area contributed by atoms with Crippen molar-refractivity contribution in [2.24, 2.45) is 0 Å². The highest BCUT2D eigenvalue weighted by Gasteiger charge is 2.23. The van der Waals surface area contributed by atoms with Crippen LogP contribution in [0.5, 0.6) is 0 Å². The highest BCUT2D eigenvalue weighted by molar-refractivity contribution is 5.97. The molecule has 0 aliphatic heterocycles. The number of benzene rings is 3. The van der Waals surface area contributed by atoms with Gasteiger partial charge in [0.25, 0.3) is 5.91 Å². The predicted molar refractivity (Wildman–Crippen MR) is 135 cm³/mol. The Morgan fingerprint density at radius 3 is 2.64 bits per heavy atom. The summed E-state index contributed by atoms with van der Waals surface area (Å²) in [5.41, 5.74) is 5.94. The fourth-order valence-corrected chi connectivity index (χ4v) is 4.82. The summed E-state index contributed by atoms with van der Waals surface area (Å²) in [6.45, 7) is 0. The number of carbonyl (C=O) groups excluding carboxylic acids is 1. The van der Waals surface area contributed by atoms with E-state index in [0.717, 1.165) is 41.6 Å². The van der Waals surface area contributed by atoms with E-state index >= 15 is 0 Å². The van der Waals surface area contributed by atoms with Crippen molar-refractivity contribution in [3.63, 3.8) is 0 Å². The summed E-state index contributed by atoms with van der Waals surface area (Å²) in [6.07, 6.45) is 3.43. The fraction of sp³-hybridized carbons (Fsp3) is 0.241. The number of carboxylic acid groups (broad SMARTS) is 1. The van der Waals surface area contributed by atoms with Crippen molar-refractivity contribution in [1.82, 2.24) is 15.3 Å². The minimum absolute atomic E-state index is 0.0448. The number of carbonyl (C=O) groups is 2. The van der Waals surface area contributed by atoms with E-state index < -0.39 is 5.97 Å². The molecule has 0 saturated heterocycles. The molecule has 4 aromatic rings. The minimum atomic E-state index is -0.851. The summed E-state index contributed by atoms with van der Waals surface area (Å²) in [5.74, 6) is -1.33. The first kappa shape index (κ1) is 23.6. The van der Waals surface area contributed by atoms with Gasteiger partial charge in [-0.05, 0) is 73.6 Å². The van der Waals surface area contributed by atoms with Gasteiger partial charge in [0.2, 0.25) is 0 Å². The number of rotatable bonds is 7. The molecule has 0 bridgehead atoms. The maximum atomic E-state index is 13.7. The highest BCUT2D eigenvalue weighted by atomic mass is 19.1. The third-order valence-corrected chi connectivity index (χ3v) is 6.57. The third kappa shape index (κ3) is 5.10. The van der Waals surface area contributed by atoms with E-state index in [-0.39, 0.29) is 24.2 Å². The molecule has 6 nitrogen and oxygen atoms in total. The number of aryl methyl sites for hydroxylation is 2. The van der Waals surface area contributed by atoms with Crippen LogP contribution in [0.15, 0.2) is 66.7 Å². The number of halogens is 1. The molecule has 0 radical (unpaired) electrons. The number of hydrogen-bond donors (Lipinski definition) is 2. The van der Waals surface area contributed by atoms with Gasteiger partial charge in [-0.2, -0.15) is 0 Å². The molecule has 2 N–H and O–H groups in total. The molecule has 182 valence electrons. The molecule has 7 heteroatoms. The van der Waals surface area contributed by atoms with Gasteiger partial charge in [-0.1, -0.05) is 36.4 Å². The molecular weight excluding hydrogens is 457 g/mol. The molecular formula is C29H26FN3O3. The molecule has 0 saturated carbocycles. The van der Waals surface area contributed by atoms with Crippen LogP contribution in [0, 0.1) is 5.82 Å². The predicted octanol–water partition coefficient (Wildman–Crippen LogP) is 5.65. The Morgan fingerprint density at radius 1 is 1.00 bits per heavy atom. The second kappa shape index (κ2) is 10.2. The topological polar surface area (TPSA) is 92.2 Å². The standard InChI is InChI=1S/C29H26FN3O3/c30-21-13-14-22-19(16-21)8-4-9-23(22)33-29(36)20-12-15-24-26(17-20)31-25(10-5-11-27(34)35)28(32-24)18-6-2-1-3-7-18/h1-3,6-7,12-17,23H,4-5,8-11H2,(H,33,36)(H,34,35). The van der Waals surface area contributed by atoms with Gasteiger partial charge in [-0.25, -0.2) is 14.4 Å². The average molecular weight is 484 g/mol. The number of aromatic nitrogens is 2. The van der Waals surface area contributed by atoms with Crippen LogP contribution in [0.1, 0.15) is 58.9 Å². The number of amides is 1. The number of nitrogens with zero attached hydrogens (tertiary/aromatic N) is 2. The number of carboxylic acids is 1. The quantitative estimate of drug-likeness (QED) is 0.354. The molecule has 1 amide bonds. The van der Waals surface area contributed by atoms with Gasteiger partial charge in [0.1, 0.15) is 5.82 Å². The number of hydrogen-bond acceptors (Lipinski definition) is 4. The second-order valence-corrected chi connectivity index (χ2v) is 9.10. The maximum Gasteiger partial charge on any atom is 0.303 e. The molecule has 36 heavy (non-hydrogen) atoms. The number of fused-ring (bicyclic) bond motifs is 2. The first-order valence-corrected chi connectivity index (χ1v) is 12.1. The van der Waals surface area contributed by atoms with Crippen LogP contribution in [0.4, 0.5) is 4.39 Å². The van der Waals surface area contributed by atoms with Crippen LogP contribution in [-0.2, 0) is 17.6 Å². The maximum absolute atomic E-state index is 13.7. The molecule has 1 atom stereocenters. The summed E-state index contributed by atoms with van der Waals surface area (Å²) >= 11 is 0. The van der Waals surface area contributed by atoms with E-state index in [9.17, 15) is 14.0 Å². The normalized spacial score (nSPS) is 14.9. The Kier molecular flexibility index (Phi) is 6.71. The van der Waals surface area contributed by atoms with Crippen molar-refractivity contribution in [3.05, 3.63) is 94.9 Å². The molecule has 3 aromatic carbocycles. The number of nitrogens with one attached hydrogen (secondary N) is 1. The average Bonchev–Trinajstić information content (AvgIpc) is 2.88. The summed E-state index contributed by atoms with van der Waals surface area (Å²) in [6, 6.07) is 19.5. The van der Waals surface area contributed by atoms with Crippen LogP contribution >= 0.6 is 0 Å². The van der Waals surface area contributed by atoms with Gasteiger partial charge in [-0.15, -0.1) is 0 Å². The zero-order chi connectivity index (χ0) is 25.1. The Hall–Kier alpha value is -4.13. The highest BCUT2D eigenvalue weighted by Crippen LogP contribution is 2.31. The first-order chi connectivity index (χ1) is 17.5. The fourth-order valence-electron chi connectivity index (χ4n) is 4.82. The van der Waals surface area contributed by atoms with Crippen molar-refractivity contribution in [1.29, 1.82) is 0 Å². The van der Waals surface area contributed by atoms with E-state index in [0.29, 0.717) is 35.1 Å². The summed E-state index contributed by atoms with van der Waals surface area (Å²) in [4.78, 5) is 33.8. The largest absolute Gasteiger partial charge is 0.481 e. The van der Waals surface area contributed by atoms with Gasteiger partial charge in [0.15, 0.2) is 0 Å². The van der Waals surface area contributed by atoms with Gasteiger partial charge < -0.3 is 10.4 Å². The molecule has 1 heterocycles. The van der Waals surface area contributed by atoms with E-state index in [1.54, 1.807) is 30.3 Å². The SMILES string of the molecule is O=C(O)CCCc1nc2cc(C(=O)NC3CCCc4cc(F)ccc43)ccc2nc1-c1ccccc1. The summed E-state index contributed by atoms with van der Waals surface area (Å²) in [5, 5.41) is 12.2. The smallest absolute Gasteiger partial charge is 0.303 e. The minimum Gasteiger partial charge on any atom is -0.481 e. The monoisotopic (exact) mass is 483 g/mol. The van der Waals surface area contributed by atoms with E-state index in [1.165, 1.54) is 6.07 Å². The van der Waals surface area contributed by atoms with Crippen LogP contribution in [0.25, 0.3) is 22.3 Å². The van der Waals surface area contributed by atoms with Gasteiger partial charge >= 0.3 is 5.97 Å². The van der Waals surface area contributed by atoms with Crippen molar-refractivity contribution in [2.45, 2.75) is 44.6 Å². The Labute approximate surface area is 208 Å². The lowest BCUT2D eigenvalue weighted by atomic mass is 9.87. The summed E-state index contributed by atoms with van der Waals surface area (Å²) < 4.78 is 13.7. The van der Waals surface area contributed by atoms with Crippen molar-refractivity contribution >= 4 is 22.9 Å². The van der Waals surface area contributed by atoms with Gasteiger partial charge in [0.05, 0.1) is 28.5 Å². The second-order valence-electron chi connectivity index (χ2n) is 9.10. The van der Waals surface area contributed by atoms with Gasteiger partial charge in [-0.3, -0.25) is 9.59 Å². The molecule has 1 aliphatic rings. The summed E-state index contributed by atoms with van der Waals surface area (Å²) in [7, 11) is 0. The lowest BCUT2D eigenvalue weighted by Gasteiger charge is -2.26. The van der Waals surface area contributed by atoms with E-state index in [2.05, 4.69) is 5.32 Å².